The molecule has 1 amide bonds. The Balaban J connectivity index is 1.38. The molecule has 0 heterocycles. The fraction of sp³-hybridized carbons (Fsp3) is 0.107. The van der Waals surface area contributed by atoms with E-state index in [9.17, 15) is 26.0 Å². The van der Waals surface area contributed by atoms with Gasteiger partial charge in [0.15, 0.2) is 0 Å². The Morgan fingerprint density at radius 1 is 0.800 bits per heavy atom. The zero-order valence-corrected chi connectivity index (χ0v) is 23.0. The first-order chi connectivity index (χ1) is 19.0. The minimum atomic E-state index is -3.95. The fourth-order valence-corrected chi connectivity index (χ4v) is 5.54. The highest BCUT2D eigenvalue weighted by Gasteiger charge is 2.21. The molecular formula is C28H26FN3O6S2. The summed E-state index contributed by atoms with van der Waals surface area (Å²) in [4.78, 5) is 12.6. The first kappa shape index (κ1) is 28.6. The van der Waals surface area contributed by atoms with Crippen molar-refractivity contribution in [1.29, 1.82) is 0 Å². The Hall–Kier alpha value is -4.42. The van der Waals surface area contributed by atoms with Crippen molar-refractivity contribution < 1.29 is 30.8 Å². The Kier molecular flexibility index (Phi) is 8.70. The number of hydrogen-bond donors (Lipinski definition) is 2. The van der Waals surface area contributed by atoms with E-state index in [1.807, 2.05) is 30.3 Å². The predicted molar refractivity (Wildman–Crippen MR) is 152 cm³/mol. The van der Waals surface area contributed by atoms with Gasteiger partial charge in [-0.05, 0) is 78.4 Å². The monoisotopic (exact) mass is 583 g/mol. The molecule has 0 aliphatic rings. The number of sulfonamides is 2. The average Bonchev–Trinajstić information content (AvgIpc) is 2.92. The van der Waals surface area contributed by atoms with Gasteiger partial charge < -0.3 is 10.1 Å². The number of nitrogens with zero attached hydrogens (tertiary/aromatic N) is 1. The molecule has 0 aliphatic heterocycles. The van der Waals surface area contributed by atoms with Gasteiger partial charge in [0.1, 0.15) is 24.7 Å². The number of ether oxygens (including phenoxy) is 1. The van der Waals surface area contributed by atoms with Crippen molar-refractivity contribution in [3.8, 4) is 5.75 Å². The van der Waals surface area contributed by atoms with E-state index in [1.165, 1.54) is 36.4 Å². The normalized spacial score (nSPS) is 11.4. The molecular weight excluding hydrogens is 557 g/mol. The van der Waals surface area contributed by atoms with Crippen molar-refractivity contribution in [1.82, 2.24) is 0 Å². The van der Waals surface area contributed by atoms with E-state index in [4.69, 9.17) is 4.74 Å². The lowest BCUT2D eigenvalue weighted by molar-refractivity contribution is -0.114. The fourth-order valence-electron chi connectivity index (χ4n) is 3.63. The lowest BCUT2D eigenvalue weighted by Gasteiger charge is -2.22. The number of benzene rings is 4. The van der Waals surface area contributed by atoms with Crippen LogP contribution in [0.5, 0.6) is 5.75 Å². The summed E-state index contributed by atoms with van der Waals surface area (Å²) in [5.74, 6) is -0.591. The zero-order chi connectivity index (χ0) is 28.8. The van der Waals surface area contributed by atoms with Crippen LogP contribution in [0.2, 0.25) is 0 Å². The second-order valence-corrected chi connectivity index (χ2v) is 12.3. The van der Waals surface area contributed by atoms with Gasteiger partial charge in [-0.2, -0.15) is 0 Å². The molecule has 4 aromatic rings. The number of anilines is 3. The molecule has 0 aliphatic carbocycles. The minimum absolute atomic E-state index is 0.0813. The third-order valence-corrected chi connectivity index (χ3v) is 8.14. The van der Waals surface area contributed by atoms with Gasteiger partial charge in [0.2, 0.25) is 15.9 Å². The highest BCUT2D eigenvalue weighted by atomic mass is 32.2. The van der Waals surface area contributed by atoms with Crippen molar-refractivity contribution in [3.63, 3.8) is 0 Å². The first-order valence-electron chi connectivity index (χ1n) is 11.9. The van der Waals surface area contributed by atoms with E-state index in [0.717, 1.165) is 28.3 Å². The molecule has 0 fully saturated rings. The van der Waals surface area contributed by atoms with Crippen molar-refractivity contribution in [2.24, 2.45) is 0 Å². The standard InChI is InChI=1S/C28H26FN3O6S2/c1-39(34,35)32(25-13-15-26(16-14-25)38-20-21-5-3-2-4-6-21)19-28(33)30-23-11-17-27(18-12-23)40(36,37)31-24-9-7-22(29)8-10-24/h2-18,31H,19-20H2,1H3,(H,30,33). The van der Waals surface area contributed by atoms with Crippen LogP contribution < -0.4 is 19.1 Å². The summed E-state index contributed by atoms with van der Waals surface area (Å²) in [6.07, 6.45) is 0.994. The maximum Gasteiger partial charge on any atom is 0.261 e. The number of amides is 1. The summed E-state index contributed by atoms with van der Waals surface area (Å²) in [7, 11) is -7.76. The summed E-state index contributed by atoms with van der Waals surface area (Å²) in [5.41, 5.74) is 1.72. The number of carbonyl (C=O) groups is 1. The van der Waals surface area contributed by atoms with Crippen LogP contribution in [0.1, 0.15) is 5.56 Å². The molecule has 208 valence electrons. The lowest BCUT2D eigenvalue weighted by atomic mass is 10.2. The van der Waals surface area contributed by atoms with Gasteiger partial charge in [0.05, 0.1) is 16.8 Å². The summed E-state index contributed by atoms with van der Waals surface area (Å²) >= 11 is 0. The van der Waals surface area contributed by atoms with E-state index >= 15 is 0 Å². The molecule has 0 aromatic heterocycles. The van der Waals surface area contributed by atoms with Crippen LogP contribution in [0, 0.1) is 5.82 Å². The molecule has 2 N–H and O–H groups in total. The van der Waals surface area contributed by atoms with E-state index in [1.54, 1.807) is 24.3 Å². The van der Waals surface area contributed by atoms with Gasteiger partial charge in [-0.3, -0.25) is 13.8 Å². The molecule has 0 radical (unpaired) electrons. The number of carbonyl (C=O) groups excluding carboxylic acids is 1. The van der Waals surface area contributed by atoms with Crippen molar-refractivity contribution >= 4 is 43.0 Å². The van der Waals surface area contributed by atoms with Gasteiger partial charge in [-0.25, -0.2) is 21.2 Å². The smallest absolute Gasteiger partial charge is 0.261 e. The third-order valence-electron chi connectivity index (χ3n) is 5.61. The predicted octanol–water partition coefficient (Wildman–Crippen LogP) is 4.61. The van der Waals surface area contributed by atoms with E-state index in [0.29, 0.717) is 12.4 Å². The number of nitrogens with one attached hydrogen (secondary N) is 2. The maximum atomic E-state index is 13.1. The van der Waals surface area contributed by atoms with Crippen LogP contribution in [0.15, 0.2) is 108 Å². The summed E-state index contributed by atoms with van der Waals surface area (Å²) < 4.78 is 72.2. The zero-order valence-electron chi connectivity index (χ0n) is 21.3. The third kappa shape index (κ3) is 7.80. The van der Waals surface area contributed by atoms with Crippen LogP contribution >= 0.6 is 0 Å². The average molecular weight is 584 g/mol. The molecule has 9 nitrogen and oxygen atoms in total. The van der Waals surface area contributed by atoms with Gasteiger partial charge in [-0.15, -0.1) is 0 Å². The highest BCUT2D eigenvalue weighted by Crippen LogP contribution is 2.23. The summed E-state index contributed by atoms with van der Waals surface area (Å²) in [5, 5.41) is 2.57. The molecule has 12 heteroatoms. The summed E-state index contributed by atoms with van der Waals surface area (Å²) in [6.45, 7) is -0.157. The summed E-state index contributed by atoms with van der Waals surface area (Å²) in [6, 6.07) is 26.0. The maximum absolute atomic E-state index is 13.1. The first-order valence-corrected chi connectivity index (χ1v) is 15.3. The molecule has 0 unspecified atom stereocenters. The molecule has 0 bridgehead atoms. The van der Waals surface area contributed by atoms with Crippen LogP contribution in [-0.2, 0) is 31.4 Å². The highest BCUT2D eigenvalue weighted by molar-refractivity contribution is 7.92. The Bertz CT molecular complexity index is 1660. The second kappa shape index (κ2) is 12.2. The number of hydrogen-bond acceptors (Lipinski definition) is 6. The molecule has 4 rings (SSSR count). The number of rotatable bonds is 11. The Morgan fingerprint density at radius 2 is 1.40 bits per heavy atom. The van der Waals surface area contributed by atoms with E-state index < -0.39 is 38.3 Å². The van der Waals surface area contributed by atoms with Crippen molar-refractivity contribution in [3.05, 3.63) is 115 Å². The molecule has 0 atom stereocenters. The Labute approximate surface area is 232 Å². The largest absolute Gasteiger partial charge is 0.489 e. The van der Waals surface area contributed by atoms with E-state index in [-0.39, 0.29) is 22.0 Å². The topological polar surface area (TPSA) is 122 Å². The lowest BCUT2D eigenvalue weighted by Crippen LogP contribution is -2.37. The van der Waals surface area contributed by atoms with Gasteiger partial charge in [0, 0.05) is 11.4 Å². The minimum Gasteiger partial charge on any atom is -0.489 e. The quantitative estimate of drug-likeness (QED) is 0.266. The molecule has 40 heavy (non-hydrogen) atoms. The van der Waals surface area contributed by atoms with Crippen molar-refractivity contribution in [2.45, 2.75) is 11.5 Å². The van der Waals surface area contributed by atoms with Gasteiger partial charge in [-0.1, -0.05) is 30.3 Å². The van der Waals surface area contributed by atoms with Crippen LogP contribution in [0.4, 0.5) is 21.5 Å². The van der Waals surface area contributed by atoms with E-state index in [2.05, 4.69) is 10.0 Å². The molecule has 0 spiro atoms. The van der Waals surface area contributed by atoms with Crippen LogP contribution in [0.3, 0.4) is 0 Å². The SMILES string of the molecule is CS(=O)(=O)N(CC(=O)Nc1ccc(S(=O)(=O)Nc2ccc(F)cc2)cc1)c1ccc(OCc2ccccc2)cc1. The molecule has 0 saturated heterocycles. The number of halogens is 1. The van der Waals surface area contributed by atoms with Gasteiger partial charge in [0.25, 0.3) is 10.0 Å². The van der Waals surface area contributed by atoms with Crippen LogP contribution in [-0.4, -0.2) is 35.5 Å². The van der Waals surface area contributed by atoms with Crippen LogP contribution in [0.25, 0.3) is 0 Å². The molecule has 4 aromatic carbocycles. The van der Waals surface area contributed by atoms with Gasteiger partial charge >= 0.3 is 0 Å². The Morgan fingerprint density at radius 3 is 2.00 bits per heavy atom. The van der Waals surface area contributed by atoms with Crippen molar-refractivity contribution in [2.75, 3.05) is 27.1 Å². The second-order valence-electron chi connectivity index (χ2n) is 8.72. The molecule has 0 saturated carbocycles.